The highest BCUT2D eigenvalue weighted by molar-refractivity contribution is 6.04. The van der Waals surface area contributed by atoms with Crippen molar-refractivity contribution < 1.29 is 9.53 Å². The Morgan fingerprint density at radius 1 is 0.957 bits per heavy atom. The van der Waals surface area contributed by atoms with Gasteiger partial charge in [0.25, 0.3) is 5.91 Å². The zero-order valence-electron chi connectivity index (χ0n) is 12.7. The van der Waals surface area contributed by atoms with Gasteiger partial charge in [-0.2, -0.15) is 0 Å². The molecule has 1 aromatic heterocycles. The standard InChI is InChI=1S/C19H16N2O2/c1-23-18-9-7-17(8-10-18)21-19(22)16-11-15(12-20-13-16)14-5-3-2-4-6-14/h2-13H,1H3,(H,21,22). The fraction of sp³-hybridized carbons (Fsp3) is 0.0526. The van der Waals surface area contributed by atoms with Gasteiger partial charge in [0.2, 0.25) is 0 Å². The Labute approximate surface area is 134 Å². The van der Waals surface area contributed by atoms with Crippen LogP contribution in [0.5, 0.6) is 5.75 Å². The van der Waals surface area contributed by atoms with Gasteiger partial charge in [-0.3, -0.25) is 9.78 Å². The molecule has 4 heteroatoms. The minimum atomic E-state index is -0.194. The van der Waals surface area contributed by atoms with Gasteiger partial charge in [0.05, 0.1) is 12.7 Å². The van der Waals surface area contributed by atoms with Crippen molar-refractivity contribution >= 4 is 11.6 Å². The molecule has 4 nitrogen and oxygen atoms in total. The summed E-state index contributed by atoms with van der Waals surface area (Å²) in [4.78, 5) is 16.5. The number of carbonyl (C=O) groups is 1. The molecule has 0 radical (unpaired) electrons. The number of rotatable bonds is 4. The second-order valence-corrected chi connectivity index (χ2v) is 5.01. The molecule has 23 heavy (non-hydrogen) atoms. The van der Waals surface area contributed by atoms with Crippen LogP contribution in [0.3, 0.4) is 0 Å². The summed E-state index contributed by atoms with van der Waals surface area (Å²) < 4.78 is 5.10. The normalized spacial score (nSPS) is 10.1. The molecule has 2 aromatic carbocycles. The first kappa shape index (κ1) is 14.8. The number of amides is 1. The zero-order valence-corrected chi connectivity index (χ0v) is 12.7. The third-order valence-electron chi connectivity index (χ3n) is 3.46. The maximum Gasteiger partial charge on any atom is 0.257 e. The summed E-state index contributed by atoms with van der Waals surface area (Å²) in [6.07, 6.45) is 3.31. The van der Waals surface area contributed by atoms with E-state index in [-0.39, 0.29) is 5.91 Å². The van der Waals surface area contributed by atoms with Crippen LogP contribution in [0.2, 0.25) is 0 Å². The molecule has 0 saturated heterocycles. The monoisotopic (exact) mass is 304 g/mol. The van der Waals surface area contributed by atoms with Crippen molar-refractivity contribution in [1.29, 1.82) is 0 Å². The molecule has 0 aliphatic rings. The van der Waals surface area contributed by atoms with E-state index in [0.717, 1.165) is 16.9 Å². The van der Waals surface area contributed by atoms with Gasteiger partial charge >= 0.3 is 0 Å². The van der Waals surface area contributed by atoms with Gasteiger partial charge in [-0.05, 0) is 35.9 Å². The molecule has 0 bridgehead atoms. The third-order valence-corrected chi connectivity index (χ3v) is 3.46. The minimum Gasteiger partial charge on any atom is -0.497 e. The number of ether oxygens (including phenoxy) is 1. The van der Waals surface area contributed by atoms with Crippen molar-refractivity contribution in [2.24, 2.45) is 0 Å². The summed E-state index contributed by atoms with van der Waals surface area (Å²) in [7, 11) is 1.61. The average molecular weight is 304 g/mol. The smallest absolute Gasteiger partial charge is 0.257 e. The van der Waals surface area contributed by atoms with E-state index < -0.39 is 0 Å². The Hall–Kier alpha value is -3.14. The first-order valence-corrected chi connectivity index (χ1v) is 7.22. The molecule has 0 fully saturated rings. The van der Waals surface area contributed by atoms with Crippen LogP contribution in [0.25, 0.3) is 11.1 Å². The van der Waals surface area contributed by atoms with E-state index in [2.05, 4.69) is 10.3 Å². The van der Waals surface area contributed by atoms with E-state index in [1.165, 1.54) is 0 Å². The van der Waals surface area contributed by atoms with Crippen LogP contribution >= 0.6 is 0 Å². The number of methoxy groups -OCH3 is 1. The van der Waals surface area contributed by atoms with Crippen molar-refractivity contribution in [2.75, 3.05) is 12.4 Å². The molecule has 0 unspecified atom stereocenters. The molecule has 0 spiro atoms. The number of anilines is 1. The van der Waals surface area contributed by atoms with Gasteiger partial charge in [0.1, 0.15) is 5.75 Å². The fourth-order valence-electron chi connectivity index (χ4n) is 2.23. The highest BCUT2D eigenvalue weighted by Crippen LogP contribution is 2.20. The van der Waals surface area contributed by atoms with Crippen LogP contribution in [-0.4, -0.2) is 18.0 Å². The summed E-state index contributed by atoms with van der Waals surface area (Å²) in [5.74, 6) is 0.552. The van der Waals surface area contributed by atoms with E-state index in [4.69, 9.17) is 4.74 Å². The van der Waals surface area contributed by atoms with Gasteiger partial charge < -0.3 is 10.1 Å². The number of carbonyl (C=O) groups excluding carboxylic acids is 1. The molecular formula is C19H16N2O2. The molecule has 1 N–H and O–H groups in total. The Morgan fingerprint density at radius 3 is 2.39 bits per heavy atom. The maximum absolute atomic E-state index is 12.4. The van der Waals surface area contributed by atoms with Gasteiger partial charge in [-0.15, -0.1) is 0 Å². The lowest BCUT2D eigenvalue weighted by atomic mass is 10.1. The Balaban J connectivity index is 1.79. The molecule has 0 aliphatic heterocycles. The van der Waals surface area contributed by atoms with Crippen LogP contribution in [0, 0.1) is 0 Å². The van der Waals surface area contributed by atoms with Crippen molar-refractivity contribution in [1.82, 2.24) is 4.98 Å². The second-order valence-electron chi connectivity index (χ2n) is 5.01. The van der Waals surface area contributed by atoms with Gasteiger partial charge in [0.15, 0.2) is 0 Å². The van der Waals surface area contributed by atoms with Crippen molar-refractivity contribution in [3.05, 3.63) is 78.6 Å². The van der Waals surface area contributed by atoms with Crippen molar-refractivity contribution in [3.8, 4) is 16.9 Å². The van der Waals surface area contributed by atoms with Crippen LogP contribution in [-0.2, 0) is 0 Å². The summed E-state index contributed by atoms with van der Waals surface area (Å²) in [5, 5.41) is 2.85. The van der Waals surface area contributed by atoms with Gasteiger partial charge in [-0.1, -0.05) is 30.3 Å². The predicted octanol–water partition coefficient (Wildman–Crippen LogP) is 4.01. The predicted molar refractivity (Wildman–Crippen MR) is 90.6 cm³/mol. The SMILES string of the molecule is COc1ccc(NC(=O)c2cncc(-c3ccccc3)c2)cc1. The number of hydrogen-bond acceptors (Lipinski definition) is 3. The molecule has 0 saturated carbocycles. The molecule has 3 rings (SSSR count). The molecular weight excluding hydrogens is 288 g/mol. The topological polar surface area (TPSA) is 51.2 Å². The summed E-state index contributed by atoms with van der Waals surface area (Å²) >= 11 is 0. The second kappa shape index (κ2) is 6.75. The molecule has 114 valence electrons. The third kappa shape index (κ3) is 3.55. The average Bonchev–Trinajstić information content (AvgIpc) is 2.63. The minimum absolute atomic E-state index is 0.194. The number of nitrogens with one attached hydrogen (secondary N) is 1. The first-order chi connectivity index (χ1) is 11.3. The number of hydrogen-bond donors (Lipinski definition) is 1. The quantitative estimate of drug-likeness (QED) is 0.792. The number of benzene rings is 2. The number of nitrogens with zero attached hydrogens (tertiary/aromatic N) is 1. The van der Waals surface area contributed by atoms with Crippen LogP contribution in [0.4, 0.5) is 5.69 Å². The molecule has 0 atom stereocenters. The van der Waals surface area contributed by atoms with Crippen LogP contribution < -0.4 is 10.1 Å². The lowest BCUT2D eigenvalue weighted by molar-refractivity contribution is 0.102. The lowest BCUT2D eigenvalue weighted by Crippen LogP contribution is -2.12. The van der Waals surface area contributed by atoms with Crippen LogP contribution in [0.15, 0.2) is 73.1 Å². The van der Waals surface area contributed by atoms with Crippen molar-refractivity contribution in [2.45, 2.75) is 0 Å². The van der Waals surface area contributed by atoms with Gasteiger partial charge in [-0.25, -0.2) is 0 Å². The Bertz CT molecular complexity index is 799. The summed E-state index contributed by atoms with van der Waals surface area (Å²) in [6, 6.07) is 18.9. The molecule has 1 amide bonds. The van der Waals surface area contributed by atoms with Gasteiger partial charge in [0, 0.05) is 23.6 Å². The summed E-state index contributed by atoms with van der Waals surface area (Å²) in [5.41, 5.74) is 3.16. The zero-order chi connectivity index (χ0) is 16.1. The molecule has 1 heterocycles. The highest BCUT2D eigenvalue weighted by atomic mass is 16.5. The lowest BCUT2D eigenvalue weighted by Gasteiger charge is -2.07. The Kier molecular flexibility index (Phi) is 4.34. The van der Waals surface area contributed by atoms with E-state index in [1.807, 2.05) is 36.4 Å². The van der Waals surface area contributed by atoms with E-state index in [1.54, 1.807) is 43.8 Å². The largest absolute Gasteiger partial charge is 0.497 e. The highest BCUT2D eigenvalue weighted by Gasteiger charge is 2.08. The van der Waals surface area contributed by atoms with Crippen molar-refractivity contribution in [3.63, 3.8) is 0 Å². The van der Waals surface area contributed by atoms with Crippen LogP contribution in [0.1, 0.15) is 10.4 Å². The van der Waals surface area contributed by atoms with E-state index in [9.17, 15) is 4.79 Å². The Morgan fingerprint density at radius 2 is 1.70 bits per heavy atom. The molecule has 3 aromatic rings. The maximum atomic E-state index is 12.4. The first-order valence-electron chi connectivity index (χ1n) is 7.22. The number of pyridine rings is 1. The van der Waals surface area contributed by atoms with E-state index >= 15 is 0 Å². The number of aromatic nitrogens is 1. The summed E-state index contributed by atoms with van der Waals surface area (Å²) in [6.45, 7) is 0. The fourth-order valence-corrected chi connectivity index (χ4v) is 2.23. The van der Waals surface area contributed by atoms with E-state index in [0.29, 0.717) is 11.3 Å². The molecule has 0 aliphatic carbocycles.